The van der Waals surface area contributed by atoms with Gasteiger partial charge in [-0.25, -0.2) is 0 Å². The van der Waals surface area contributed by atoms with Crippen LogP contribution in [0.25, 0.3) is 0 Å². The lowest BCUT2D eigenvalue weighted by Crippen LogP contribution is -2.71. The van der Waals surface area contributed by atoms with Crippen molar-refractivity contribution in [3.8, 4) is 0 Å². The lowest BCUT2D eigenvalue weighted by molar-refractivity contribution is -0.200. The van der Waals surface area contributed by atoms with Crippen LogP contribution in [0.1, 0.15) is 40.0 Å². The highest BCUT2D eigenvalue weighted by atomic mass is 16.5. The van der Waals surface area contributed by atoms with Crippen molar-refractivity contribution in [1.29, 1.82) is 0 Å². The molecule has 14 heavy (non-hydrogen) atoms. The van der Waals surface area contributed by atoms with Gasteiger partial charge in [-0.2, -0.15) is 0 Å². The van der Waals surface area contributed by atoms with Crippen LogP contribution in [-0.2, 0) is 4.74 Å². The molecule has 1 heterocycles. The normalized spacial score (nSPS) is 28.3. The van der Waals surface area contributed by atoms with Gasteiger partial charge in [-0.05, 0) is 18.3 Å². The standard InChI is InChI=1S/C12H23NO/c1-11(2,3)12(14-4)8-13(9-12)10-6-5-7-10/h10H,5-9H2,1-4H3. The smallest absolute Gasteiger partial charge is 0.0979 e. The average Bonchev–Trinajstić information content (AvgIpc) is 1.88. The summed E-state index contributed by atoms with van der Waals surface area (Å²) in [5, 5.41) is 0. The van der Waals surface area contributed by atoms with E-state index in [0.29, 0.717) is 0 Å². The molecule has 2 fully saturated rings. The highest BCUT2D eigenvalue weighted by Gasteiger charge is 2.53. The number of ether oxygens (including phenoxy) is 1. The van der Waals surface area contributed by atoms with E-state index in [1.807, 2.05) is 7.11 Å². The molecule has 0 aromatic rings. The van der Waals surface area contributed by atoms with Crippen LogP contribution in [0.3, 0.4) is 0 Å². The quantitative estimate of drug-likeness (QED) is 0.673. The van der Waals surface area contributed by atoms with E-state index < -0.39 is 0 Å². The van der Waals surface area contributed by atoms with Gasteiger partial charge in [-0.3, -0.25) is 4.90 Å². The van der Waals surface area contributed by atoms with Gasteiger partial charge in [0.1, 0.15) is 0 Å². The van der Waals surface area contributed by atoms with Gasteiger partial charge in [0.15, 0.2) is 0 Å². The molecule has 2 rings (SSSR count). The lowest BCUT2D eigenvalue weighted by Gasteiger charge is -2.59. The van der Waals surface area contributed by atoms with Crippen LogP contribution in [0, 0.1) is 5.41 Å². The summed E-state index contributed by atoms with van der Waals surface area (Å²) in [6.45, 7) is 9.13. The molecule has 1 aliphatic heterocycles. The minimum absolute atomic E-state index is 0.114. The fraction of sp³-hybridized carbons (Fsp3) is 1.00. The average molecular weight is 197 g/mol. The van der Waals surface area contributed by atoms with Gasteiger partial charge in [0, 0.05) is 26.2 Å². The van der Waals surface area contributed by atoms with Crippen LogP contribution in [0.4, 0.5) is 0 Å². The zero-order valence-electron chi connectivity index (χ0n) is 9.97. The number of rotatable bonds is 2. The first-order chi connectivity index (χ1) is 6.48. The third-order valence-electron chi connectivity index (χ3n) is 4.27. The highest BCUT2D eigenvalue weighted by molar-refractivity contribution is 5.07. The van der Waals surface area contributed by atoms with Crippen molar-refractivity contribution < 1.29 is 4.74 Å². The molecule has 1 saturated carbocycles. The van der Waals surface area contributed by atoms with Crippen LogP contribution >= 0.6 is 0 Å². The molecule has 0 bridgehead atoms. The summed E-state index contributed by atoms with van der Waals surface area (Å²) in [7, 11) is 1.86. The van der Waals surface area contributed by atoms with Crippen LogP contribution in [0.2, 0.25) is 0 Å². The number of hydrogen-bond acceptors (Lipinski definition) is 2. The topological polar surface area (TPSA) is 12.5 Å². The summed E-state index contributed by atoms with van der Waals surface area (Å²) >= 11 is 0. The Labute approximate surface area is 87.6 Å². The van der Waals surface area contributed by atoms with Gasteiger partial charge >= 0.3 is 0 Å². The van der Waals surface area contributed by atoms with Crippen LogP contribution in [0.5, 0.6) is 0 Å². The second kappa shape index (κ2) is 3.21. The molecule has 1 saturated heterocycles. The maximum absolute atomic E-state index is 5.75. The van der Waals surface area contributed by atoms with E-state index in [0.717, 1.165) is 19.1 Å². The molecule has 0 radical (unpaired) electrons. The van der Waals surface area contributed by atoms with Gasteiger partial charge in [0.25, 0.3) is 0 Å². The molecular formula is C12H23NO. The molecule has 2 nitrogen and oxygen atoms in total. The van der Waals surface area contributed by atoms with Crippen LogP contribution in [0.15, 0.2) is 0 Å². The Morgan fingerprint density at radius 2 is 1.79 bits per heavy atom. The van der Waals surface area contributed by atoms with Crippen LogP contribution in [-0.4, -0.2) is 36.7 Å². The lowest BCUT2D eigenvalue weighted by atomic mass is 9.69. The molecular weight excluding hydrogens is 174 g/mol. The molecule has 0 spiro atoms. The Bertz CT molecular complexity index is 209. The minimum atomic E-state index is 0.114. The minimum Gasteiger partial charge on any atom is -0.375 e. The SMILES string of the molecule is COC1(C(C)(C)C)CN(C2CCC2)C1. The Hall–Kier alpha value is -0.0800. The Morgan fingerprint density at radius 3 is 2.07 bits per heavy atom. The molecule has 0 aromatic carbocycles. The molecule has 1 aliphatic carbocycles. The predicted molar refractivity (Wildman–Crippen MR) is 58.4 cm³/mol. The molecule has 0 aromatic heterocycles. The fourth-order valence-electron chi connectivity index (χ4n) is 2.53. The Morgan fingerprint density at radius 1 is 1.21 bits per heavy atom. The van der Waals surface area contributed by atoms with Gasteiger partial charge in [-0.15, -0.1) is 0 Å². The maximum atomic E-state index is 5.75. The Balaban J connectivity index is 1.93. The zero-order valence-corrected chi connectivity index (χ0v) is 9.97. The van der Waals surface area contributed by atoms with Crippen molar-refractivity contribution in [2.24, 2.45) is 5.41 Å². The van der Waals surface area contributed by atoms with Gasteiger partial charge in [0.2, 0.25) is 0 Å². The monoisotopic (exact) mass is 197 g/mol. The molecule has 0 atom stereocenters. The summed E-state index contributed by atoms with van der Waals surface area (Å²) in [5.41, 5.74) is 0.380. The number of hydrogen-bond donors (Lipinski definition) is 0. The van der Waals surface area contributed by atoms with Crippen molar-refractivity contribution in [2.45, 2.75) is 51.7 Å². The Kier molecular flexibility index (Phi) is 2.39. The summed E-state index contributed by atoms with van der Waals surface area (Å²) in [6.07, 6.45) is 4.24. The second-order valence-electron chi connectivity index (χ2n) is 5.94. The van der Waals surface area contributed by atoms with Crippen molar-refractivity contribution >= 4 is 0 Å². The fourth-order valence-corrected chi connectivity index (χ4v) is 2.53. The molecule has 0 unspecified atom stereocenters. The van der Waals surface area contributed by atoms with E-state index in [1.54, 1.807) is 0 Å². The first kappa shape index (κ1) is 10.4. The number of methoxy groups -OCH3 is 1. The molecule has 0 N–H and O–H groups in total. The number of likely N-dealkylation sites (tertiary alicyclic amines) is 1. The summed E-state index contributed by atoms with van der Waals surface area (Å²) in [5.74, 6) is 0. The molecule has 82 valence electrons. The highest BCUT2D eigenvalue weighted by Crippen LogP contribution is 2.44. The molecule has 2 aliphatic rings. The largest absolute Gasteiger partial charge is 0.375 e. The zero-order chi connectivity index (χ0) is 10.4. The van der Waals surface area contributed by atoms with Crippen molar-refractivity contribution in [3.05, 3.63) is 0 Å². The maximum Gasteiger partial charge on any atom is 0.0979 e. The van der Waals surface area contributed by atoms with E-state index in [2.05, 4.69) is 25.7 Å². The summed E-state index contributed by atoms with van der Waals surface area (Å²) in [4.78, 5) is 2.60. The first-order valence-electron chi connectivity index (χ1n) is 5.78. The first-order valence-corrected chi connectivity index (χ1v) is 5.78. The second-order valence-corrected chi connectivity index (χ2v) is 5.94. The van der Waals surface area contributed by atoms with E-state index in [1.165, 1.54) is 19.3 Å². The van der Waals surface area contributed by atoms with Gasteiger partial charge in [-0.1, -0.05) is 27.2 Å². The molecule has 2 heteroatoms. The van der Waals surface area contributed by atoms with E-state index in [-0.39, 0.29) is 11.0 Å². The predicted octanol–water partition coefficient (Wildman–Crippen LogP) is 2.29. The van der Waals surface area contributed by atoms with E-state index in [4.69, 9.17) is 4.74 Å². The van der Waals surface area contributed by atoms with Gasteiger partial charge < -0.3 is 4.74 Å². The molecule has 0 amide bonds. The summed E-state index contributed by atoms with van der Waals surface area (Å²) < 4.78 is 5.75. The third-order valence-corrected chi connectivity index (χ3v) is 4.27. The van der Waals surface area contributed by atoms with E-state index in [9.17, 15) is 0 Å². The summed E-state index contributed by atoms with van der Waals surface area (Å²) in [6, 6.07) is 0.876. The van der Waals surface area contributed by atoms with Crippen molar-refractivity contribution in [2.75, 3.05) is 20.2 Å². The van der Waals surface area contributed by atoms with Crippen LogP contribution < -0.4 is 0 Å². The third kappa shape index (κ3) is 1.40. The van der Waals surface area contributed by atoms with Crippen molar-refractivity contribution in [3.63, 3.8) is 0 Å². The van der Waals surface area contributed by atoms with Gasteiger partial charge in [0.05, 0.1) is 5.60 Å². The van der Waals surface area contributed by atoms with Crippen molar-refractivity contribution in [1.82, 2.24) is 4.90 Å². The van der Waals surface area contributed by atoms with E-state index >= 15 is 0 Å². The number of nitrogens with zero attached hydrogens (tertiary/aromatic N) is 1.